The van der Waals surface area contributed by atoms with Gasteiger partial charge in [0.05, 0.1) is 12.2 Å². The summed E-state index contributed by atoms with van der Waals surface area (Å²) in [6.07, 6.45) is 2.06. The molecule has 2 rings (SSSR count). The van der Waals surface area contributed by atoms with Gasteiger partial charge in [-0.15, -0.1) is 0 Å². The number of amides is 1. The van der Waals surface area contributed by atoms with Crippen LogP contribution in [0, 0.1) is 0 Å². The van der Waals surface area contributed by atoms with E-state index >= 15 is 0 Å². The Balaban J connectivity index is 1.74. The molecular formula is C20H26N2O3. The Morgan fingerprint density at radius 3 is 2.48 bits per heavy atom. The van der Waals surface area contributed by atoms with Crippen molar-refractivity contribution in [3.05, 3.63) is 54.6 Å². The van der Waals surface area contributed by atoms with Crippen molar-refractivity contribution in [2.45, 2.75) is 19.8 Å². The SMILES string of the molecule is CCCCNC(=O)CNc1ccccc1OCCOc1ccccc1. The average molecular weight is 342 g/mol. The van der Waals surface area contributed by atoms with Crippen LogP contribution >= 0.6 is 0 Å². The van der Waals surface area contributed by atoms with Crippen LogP contribution in [0.5, 0.6) is 11.5 Å². The molecule has 0 fully saturated rings. The molecule has 0 atom stereocenters. The topological polar surface area (TPSA) is 59.6 Å². The van der Waals surface area contributed by atoms with Gasteiger partial charge in [-0.05, 0) is 30.7 Å². The van der Waals surface area contributed by atoms with Crippen LogP contribution in [-0.4, -0.2) is 32.2 Å². The number of carbonyl (C=O) groups is 1. The maximum Gasteiger partial charge on any atom is 0.239 e. The van der Waals surface area contributed by atoms with E-state index in [0.29, 0.717) is 25.5 Å². The first-order chi connectivity index (χ1) is 12.3. The monoisotopic (exact) mass is 342 g/mol. The summed E-state index contributed by atoms with van der Waals surface area (Å²) in [6.45, 7) is 3.92. The Bertz CT molecular complexity index is 632. The van der Waals surface area contributed by atoms with Gasteiger partial charge in [-0.2, -0.15) is 0 Å². The van der Waals surface area contributed by atoms with Gasteiger partial charge >= 0.3 is 0 Å². The van der Waals surface area contributed by atoms with Crippen LogP contribution in [0.1, 0.15) is 19.8 Å². The lowest BCUT2D eigenvalue weighted by atomic mass is 10.3. The van der Waals surface area contributed by atoms with Crippen LogP contribution in [0.15, 0.2) is 54.6 Å². The van der Waals surface area contributed by atoms with Gasteiger partial charge in [0.2, 0.25) is 5.91 Å². The van der Waals surface area contributed by atoms with Crippen LogP contribution in [0.3, 0.4) is 0 Å². The van der Waals surface area contributed by atoms with Crippen LogP contribution in [-0.2, 0) is 4.79 Å². The van der Waals surface area contributed by atoms with Crippen molar-refractivity contribution in [2.24, 2.45) is 0 Å². The van der Waals surface area contributed by atoms with Gasteiger partial charge in [-0.25, -0.2) is 0 Å². The molecule has 5 heteroatoms. The van der Waals surface area contributed by atoms with Gasteiger partial charge in [0.15, 0.2) is 0 Å². The van der Waals surface area contributed by atoms with Crippen molar-refractivity contribution in [1.29, 1.82) is 0 Å². The van der Waals surface area contributed by atoms with Gasteiger partial charge in [-0.1, -0.05) is 43.7 Å². The third-order valence-electron chi connectivity index (χ3n) is 3.53. The van der Waals surface area contributed by atoms with Gasteiger partial charge < -0.3 is 20.1 Å². The molecule has 0 unspecified atom stereocenters. The second kappa shape index (κ2) is 11.0. The summed E-state index contributed by atoms with van der Waals surface area (Å²) >= 11 is 0. The summed E-state index contributed by atoms with van der Waals surface area (Å²) in [6, 6.07) is 17.2. The summed E-state index contributed by atoms with van der Waals surface area (Å²) in [4.78, 5) is 11.8. The molecular weight excluding hydrogens is 316 g/mol. The summed E-state index contributed by atoms with van der Waals surface area (Å²) in [7, 11) is 0. The standard InChI is InChI=1S/C20H26N2O3/c1-2-3-13-21-20(23)16-22-18-11-7-8-12-19(18)25-15-14-24-17-9-5-4-6-10-17/h4-12,22H,2-3,13-16H2,1H3,(H,21,23). The van der Waals surface area contributed by atoms with Crippen molar-refractivity contribution < 1.29 is 14.3 Å². The van der Waals surface area contributed by atoms with Crippen LogP contribution < -0.4 is 20.1 Å². The molecule has 0 saturated carbocycles. The van der Waals surface area contributed by atoms with E-state index in [1.807, 2.05) is 54.6 Å². The Hall–Kier alpha value is -2.69. The minimum absolute atomic E-state index is 0.0179. The van der Waals surface area contributed by atoms with Gasteiger partial charge in [0.1, 0.15) is 24.7 Å². The van der Waals surface area contributed by atoms with Crippen LogP contribution in [0.4, 0.5) is 5.69 Å². The largest absolute Gasteiger partial charge is 0.490 e. The molecule has 0 radical (unpaired) electrons. The van der Waals surface area contributed by atoms with E-state index in [1.54, 1.807) is 0 Å². The molecule has 0 heterocycles. The summed E-state index contributed by atoms with van der Waals surface area (Å²) < 4.78 is 11.4. The van der Waals surface area contributed by atoms with E-state index < -0.39 is 0 Å². The zero-order valence-electron chi connectivity index (χ0n) is 14.7. The first kappa shape index (κ1) is 18.6. The molecule has 0 aliphatic carbocycles. The molecule has 1 amide bonds. The number of rotatable bonds is 11. The normalized spacial score (nSPS) is 10.1. The highest BCUT2D eigenvalue weighted by Crippen LogP contribution is 2.23. The number of hydrogen-bond donors (Lipinski definition) is 2. The zero-order valence-corrected chi connectivity index (χ0v) is 14.7. The van der Waals surface area contributed by atoms with Gasteiger partial charge in [0.25, 0.3) is 0 Å². The number of carbonyl (C=O) groups excluding carboxylic acids is 1. The number of benzene rings is 2. The van der Waals surface area contributed by atoms with Crippen molar-refractivity contribution >= 4 is 11.6 Å². The molecule has 2 aromatic carbocycles. The minimum atomic E-state index is -0.0179. The van der Waals surface area contributed by atoms with E-state index in [0.717, 1.165) is 24.3 Å². The first-order valence-electron chi connectivity index (χ1n) is 8.70. The van der Waals surface area contributed by atoms with E-state index in [1.165, 1.54) is 0 Å². The third kappa shape index (κ3) is 7.16. The molecule has 2 aromatic rings. The Kier molecular flexibility index (Phi) is 8.18. The van der Waals surface area contributed by atoms with Crippen molar-refractivity contribution in [2.75, 3.05) is 31.6 Å². The smallest absolute Gasteiger partial charge is 0.239 e. The van der Waals surface area contributed by atoms with Gasteiger partial charge in [0, 0.05) is 6.54 Å². The molecule has 5 nitrogen and oxygen atoms in total. The molecule has 0 saturated heterocycles. The Morgan fingerprint density at radius 1 is 0.960 bits per heavy atom. The quantitative estimate of drug-likeness (QED) is 0.614. The Morgan fingerprint density at radius 2 is 1.68 bits per heavy atom. The number of anilines is 1. The molecule has 0 aromatic heterocycles. The fourth-order valence-electron chi connectivity index (χ4n) is 2.21. The summed E-state index contributed by atoms with van der Waals surface area (Å²) in [5.41, 5.74) is 0.799. The lowest BCUT2D eigenvalue weighted by Crippen LogP contribution is -2.30. The number of hydrogen-bond acceptors (Lipinski definition) is 4. The molecule has 0 bridgehead atoms. The van der Waals surface area contributed by atoms with E-state index in [-0.39, 0.29) is 12.5 Å². The van der Waals surface area contributed by atoms with E-state index in [9.17, 15) is 4.79 Å². The fraction of sp³-hybridized carbons (Fsp3) is 0.350. The summed E-state index contributed by atoms with van der Waals surface area (Å²) in [5, 5.41) is 6.00. The molecule has 2 N–H and O–H groups in total. The highest BCUT2D eigenvalue weighted by atomic mass is 16.5. The number of unbranched alkanes of at least 4 members (excludes halogenated alkanes) is 1. The highest BCUT2D eigenvalue weighted by molar-refractivity contribution is 5.81. The van der Waals surface area contributed by atoms with Crippen LogP contribution in [0.25, 0.3) is 0 Å². The molecule has 0 aliphatic rings. The minimum Gasteiger partial charge on any atom is -0.490 e. The second-order valence-electron chi connectivity index (χ2n) is 5.56. The van der Waals surface area contributed by atoms with E-state index in [2.05, 4.69) is 17.6 Å². The number of nitrogens with one attached hydrogen (secondary N) is 2. The third-order valence-corrected chi connectivity index (χ3v) is 3.53. The maximum atomic E-state index is 11.8. The average Bonchev–Trinajstić information content (AvgIpc) is 2.65. The predicted molar refractivity (Wildman–Crippen MR) is 100 cm³/mol. The summed E-state index contributed by atoms with van der Waals surface area (Å²) in [5.74, 6) is 1.51. The van der Waals surface area contributed by atoms with Crippen LogP contribution in [0.2, 0.25) is 0 Å². The zero-order chi connectivity index (χ0) is 17.7. The maximum absolute atomic E-state index is 11.8. The lowest BCUT2D eigenvalue weighted by Gasteiger charge is -2.13. The molecule has 0 spiro atoms. The van der Waals surface area contributed by atoms with E-state index in [4.69, 9.17) is 9.47 Å². The molecule has 0 aliphatic heterocycles. The van der Waals surface area contributed by atoms with Crippen molar-refractivity contribution in [1.82, 2.24) is 5.32 Å². The fourth-order valence-corrected chi connectivity index (χ4v) is 2.21. The Labute approximate surface area is 149 Å². The highest BCUT2D eigenvalue weighted by Gasteiger charge is 2.05. The van der Waals surface area contributed by atoms with Gasteiger partial charge in [-0.3, -0.25) is 4.79 Å². The molecule has 25 heavy (non-hydrogen) atoms. The van der Waals surface area contributed by atoms with Crippen molar-refractivity contribution in [3.8, 4) is 11.5 Å². The van der Waals surface area contributed by atoms with Crippen molar-refractivity contribution in [3.63, 3.8) is 0 Å². The lowest BCUT2D eigenvalue weighted by molar-refractivity contribution is -0.119. The number of ether oxygens (including phenoxy) is 2. The molecule has 134 valence electrons. The number of para-hydroxylation sites is 3. The second-order valence-corrected chi connectivity index (χ2v) is 5.56. The first-order valence-corrected chi connectivity index (χ1v) is 8.70. The predicted octanol–water partition coefficient (Wildman–Crippen LogP) is 3.47.